The number of anilines is 2. The molecule has 130 valence electrons. The Morgan fingerprint density at radius 2 is 1.79 bits per heavy atom. The molecule has 0 aromatic heterocycles. The van der Waals surface area contributed by atoms with Gasteiger partial charge in [-0.05, 0) is 44.3 Å². The maximum Gasteiger partial charge on any atom is 0.121 e. The first-order chi connectivity index (χ1) is 11.1. The minimum absolute atomic E-state index is 0. The average molecular weight is 365 g/mol. The third-order valence-electron chi connectivity index (χ3n) is 4.00. The van der Waals surface area contributed by atoms with Gasteiger partial charge in [0.05, 0.1) is 18.5 Å². The maximum absolute atomic E-state index is 5.44. The Hall–Kier alpha value is -1.36. The van der Waals surface area contributed by atoms with E-state index in [0.29, 0.717) is 5.92 Å². The van der Waals surface area contributed by atoms with Gasteiger partial charge in [0.2, 0.25) is 0 Å². The van der Waals surface area contributed by atoms with Crippen LogP contribution < -0.4 is 9.64 Å². The summed E-state index contributed by atoms with van der Waals surface area (Å²) in [6.45, 7) is 4.38. The molecule has 0 bridgehead atoms. The lowest BCUT2D eigenvalue weighted by molar-refractivity contribution is 0.342. The molecule has 0 saturated heterocycles. The monoisotopic (exact) mass is 364 g/mol. The van der Waals surface area contributed by atoms with Crippen molar-refractivity contribution in [3.05, 3.63) is 42.5 Å². The van der Waals surface area contributed by atoms with Crippen molar-refractivity contribution in [3.8, 4) is 5.75 Å². The van der Waals surface area contributed by atoms with Crippen LogP contribution in [0.1, 0.15) is 6.92 Å². The Labute approximate surface area is 155 Å². The van der Waals surface area contributed by atoms with Crippen LogP contribution in [-0.2, 0) is 0 Å². The zero-order valence-electron chi connectivity index (χ0n) is 14.7. The van der Waals surface area contributed by atoms with Crippen LogP contribution in [0, 0.1) is 5.92 Å². The van der Waals surface area contributed by atoms with Gasteiger partial charge in [0.1, 0.15) is 5.75 Å². The number of nitrogens with zero attached hydrogens (tertiary/aromatic N) is 2. The van der Waals surface area contributed by atoms with Crippen molar-refractivity contribution in [2.45, 2.75) is 16.7 Å². The van der Waals surface area contributed by atoms with E-state index < -0.39 is 0 Å². The van der Waals surface area contributed by atoms with Crippen LogP contribution >= 0.6 is 24.2 Å². The van der Waals surface area contributed by atoms with Gasteiger partial charge >= 0.3 is 0 Å². The molecule has 1 aliphatic heterocycles. The second-order valence-corrected chi connectivity index (χ2v) is 7.47. The number of methoxy groups -OCH3 is 1. The molecular weight excluding hydrogens is 340 g/mol. The fraction of sp³-hybridized carbons (Fsp3) is 0.368. The lowest BCUT2D eigenvalue weighted by Gasteiger charge is -2.35. The third-order valence-corrected chi connectivity index (χ3v) is 5.13. The second-order valence-electron chi connectivity index (χ2n) is 6.38. The number of hydrogen-bond acceptors (Lipinski definition) is 4. The molecule has 0 spiro atoms. The van der Waals surface area contributed by atoms with E-state index >= 15 is 0 Å². The van der Waals surface area contributed by atoms with E-state index in [9.17, 15) is 0 Å². The summed E-state index contributed by atoms with van der Waals surface area (Å²) in [6.07, 6.45) is 0. The Bertz CT molecular complexity index is 693. The van der Waals surface area contributed by atoms with E-state index in [1.807, 2.05) is 17.8 Å². The van der Waals surface area contributed by atoms with Crippen LogP contribution in [0.2, 0.25) is 0 Å². The summed E-state index contributed by atoms with van der Waals surface area (Å²) in [5.41, 5.74) is 2.54. The van der Waals surface area contributed by atoms with Gasteiger partial charge < -0.3 is 14.5 Å². The molecule has 2 aromatic carbocycles. The third kappa shape index (κ3) is 4.00. The van der Waals surface area contributed by atoms with Gasteiger partial charge in [0.25, 0.3) is 0 Å². The summed E-state index contributed by atoms with van der Waals surface area (Å²) in [6, 6.07) is 15.0. The summed E-state index contributed by atoms with van der Waals surface area (Å²) in [5.74, 6) is 1.48. The van der Waals surface area contributed by atoms with E-state index in [1.54, 1.807) is 7.11 Å². The zero-order chi connectivity index (χ0) is 16.4. The summed E-state index contributed by atoms with van der Waals surface area (Å²) in [4.78, 5) is 7.31. The van der Waals surface area contributed by atoms with Gasteiger partial charge in [-0.15, -0.1) is 12.4 Å². The summed E-state index contributed by atoms with van der Waals surface area (Å²) >= 11 is 1.84. The minimum atomic E-state index is 0. The van der Waals surface area contributed by atoms with Gasteiger partial charge in [-0.3, -0.25) is 0 Å². The van der Waals surface area contributed by atoms with Gasteiger partial charge in [0.15, 0.2) is 0 Å². The molecule has 5 heteroatoms. The van der Waals surface area contributed by atoms with Crippen LogP contribution in [0.4, 0.5) is 11.4 Å². The molecule has 0 radical (unpaired) electrons. The van der Waals surface area contributed by atoms with Crippen molar-refractivity contribution in [2.24, 2.45) is 5.92 Å². The molecule has 3 rings (SSSR count). The van der Waals surface area contributed by atoms with Gasteiger partial charge in [-0.1, -0.05) is 30.8 Å². The van der Waals surface area contributed by atoms with Crippen molar-refractivity contribution in [1.82, 2.24) is 4.90 Å². The Balaban J connectivity index is 0.00000208. The van der Waals surface area contributed by atoms with Crippen LogP contribution in [0.25, 0.3) is 0 Å². The SMILES string of the molecule is COc1ccc2c(c1)N(C[C@H](C)CN(C)C)c1ccccc1S2.Cl. The predicted octanol–water partition coefficient (Wildman–Crippen LogP) is 4.92. The van der Waals surface area contributed by atoms with Crippen LogP contribution in [0.5, 0.6) is 5.75 Å². The fourth-order valence-corrected chi connectivity index (χ4v) is 4.20. The van der Waals surface area contributed by atoms with E-state index in [1.165, 1.54) is 21.2 Å². The Morgan fingerprint density at radius 1 is 1.08 bits per heavy atom. The number of rotatable bonds is 5. The highest BCUT2D eigenvalue weighted by atomic mass is 35.5. The highest BCUT2D eigenvalue weighted by Crippen LogP contribution is 2.49. The first-order valence-electron chi connectivity index (χ1n) is 7.95. The molecule has 0 aliphatic carbocycles. The molecular formula is C19H25ClN2OS. The van der Waals surface area contributed by atoms with Gasteiger partial charge in [0, 0.05) is 28.9 Å². The molecule has 24 heavy (non-hydrogen) atoms. The van der Waals surface area contributed by atoms with E-state index in [0.717, 1.165) is 18.8 Å². The van der Waals surface area contributed by atoms with Crippen molar-refractivity contribution >= 4 is 35.5 Å². The minimum Gasteiger partial charge on any atom is -0.497 e. The molecule has 0 saturated carbocycles. The van der Waals surface area contributed by atoms with Crippen LogP contribution in [0.15, 0.2) is 52.3 Å². The molecule has 0 fully saturated rings. The fourth-order valence-electron chi connectivity index (χ4n) is 3.13. The van der Waals surface area contributed by atoms with E-state index in [-0.39, 0.29) is 12.4 Å². The highest BCUT2D eigenvalue weighted by molar-refractivity contribution is 7.99. The summed E-state index contributed by atoms with van der Waals surface area (Å²) in [7, 11) is 5.99. The molecule has 1 aliphatic rings. The number of hydrogen-bond donors (Lipinski definition) is 0. The quantitative estimate of drug-likeness (QED) is 0.748. The van der Waals surface area contributed by atoms with Crippen LogP contribution in [0.3, 0.4) is 0 Å². The number of para-hydroxylation sites is 1. The van der Waals surface area contributed by atoms with Crippen molar-refractivity contribution < 1.29 is 4.74 Å². The molecule has 0 unspecified atom stereocenters. The Morgan fingerprint density at radius 3 is 2.50 bits per heavy atom. The smallest absolute Gasteiger partial charge is 0.121 e. The average Bonchev–Trinajstić information content (AvgIpc) is 2.53. The largest absolute Gasteiger partial charge is 0.497 e. The van der Waals surface area contributed by atoms with Crippen LogP contribution in [-0.4, -0.2) is 39.2 Å². The zero-order valence-corrected chi connectivity index (χ0v) is 16.3. The van der Waals surface area contributed by atoms with Crippen molar-refractivity contribution in [3.63, 3.8) is 0 Å². The van der Waals surface area contributed by atoms with Gasteiger partial charge in [-0.25, -0.2) is 0 Å². The highest BCUT2D eigenvalue weighted by Gasteiger charge is 2.25. The standard InChI is InChI=1S/C19H24N2OS.ClH/c1-14(12-20(2)3)13-21-16-7-5-6-8-18(16)23-19-10-9-15(22-4)11-17(19)21;/h5-11,14H,12-13H2,1-4H3;1H/t14-;/m1./s1. The van der Waals surface area contributed by atoms with E-state index in [4.69, 9.17) is 4.74 Å². The van der Waals surface area contributed by atoms with E-state index in [2.05, 4.69) is 67.2 Å². The molecule has 2 aromatic rings. The normalized spacial score (nSPS) is 13.8. The number of ether oxygens (including phenoxy) is 1. The van der Waals surface area contributed by atoms with Crippen molar-refractivity contribution in [1.29, 1.82) is 0 Å². The maximum atomic E-state index is 5.44. The summed E-state index contributed by atoms with van der Waals surface area (Å²) < 4.78 is 5.44. The Kier molecular flexibility index (Phi) is 6.44. The van der Waals surface area contributed by atoms with Gasteiger partial charge in [-0.2, -0.15) is 0 Å². The predicted molar refractivity (Wildman–Crippen MR) is 106 cm³/mol. The van der Waals surface area contributed by atoms with Crippen molar-refractivity contribution in [2.75, 3.05) is 39.2 Å². The molecule has 1 atom stereocenters. The summed E-state index contributed by atoms with van der Waals surface area (Å²) in [5, 5.41) is 0. The molecule has 0 N–H and O–H groups in total. The second kappa shape index (κ2) is 8.15. The molecule has 1 heterocycles. The number of benzene rings is 2. The number of halogens is 1. The molecule has 3 nitrogen and oxygen atoms in total. The lowest BCUT2D eigenvalue weighted by atomic mass is 10.1. The topological polar surface area (TPSA) is 15.7 Å². The first kappa shape index (κ1) is 19.0. The first-order valence-corrected chi connectivity index (χ1v) is 8.77. The lowest BCUT2D eigenvalue weighted by Crippen LogP contribution is -2.31. The molecule has 0 amide bonds. The number of fused-ring (bicyclic) bond motifs is 2.